The number of carbonyl (C=O) groups is 3. The largest absolute Gasteiger partial charge is 0.543 e. The van der Waals surface area contributed by atoms with E-state index in [2.05, 4.69) is 53.6 Å². The van der Waals surface area contributed by atoms with E-state index in [1.807, 2.05) is 70.3 Å². The Morgan fingerprint density at radius 3 is 2.14 bits per heavy atom. The molecule has 0 aromatic heterocycles. The topological polar surface area (TPSA) is 104 Å². The number of epoxide rings is 1. The summed E-state index contributed by atoms with van der Waals surface area (Å²) >= 11 is 3.86. The van der Waals surface area contributed by atoms with Crippen molar-refractivity contribution in [1.82, 2.24) is 0 Å². The van der Waals surface area contributed by atoms with E-state index >= 15 is 0 Å². The molecule has 1 aromatic carbocycles. The number of hydrogen-bond acceptors (Lipinski definition) is 8. The zero-order valence-electron chi connectivity index (χ0n) is 25.1. The maximum absolute atomic E-state index is 13.4. The first-order valence-electron chi connectivity index (χ1n) is 13.5. The molecule has 1 saturated heterocycles. The van der Waals surface area contributed by atoms with Crippen LogP contribution >= 0.6 is 45.2 Å². The minimum absolute atomic E-state index is 0.0632. The maximum atomic E-state index is 13.4. The Balaban J connectivity index is 2.06. The quantitative estimate of drug-likeness (QED) is 0.0924. The molecule has 226 valence electrons. The maximum Gasteiger partial charge on any atom is 0.415 e. The van der Waals surface area contributed by atoms with Gasteiger partial charge in [-0.2, -0.15) is 0 Å². The smallest absolute Gasteiger partial charge is 0.415 e. The lowest BCUT2D eigenvalue weighted by Crippen LogP contribution is -2.66. The van der Waals surface area contributed by atoms with Crippen molar-refractivity contribution in [3.8, 4) is 25.4 Å². The van der Waals surface area contributed by atoms with Crippen molar-refractivity contribution in [3.63, 3.8) is 0 Å². The minimum atomic E-state index is -2.25. The van der Waals surface area contributed by atoms with Crippen molar-refractivity contribution in [3.05, 3.63) is 23.8 Å². The predicted octanol–water partition coefficient (Wildman–Crippen LogP) is 5.91. The van der Waals surface area contributed by atoms with Gasteiger partial charge in [0.15, 0.2) is 6.10 Å². The number of hydrogen-bond donors (Lipinski definition) is 0. The zero-order valence-corrected chi connectivity index (χ0v) is 30.4. The highest BCUT2D eigenvalue weighted by Gasteiger charge is 2.88. The van der Waals surface area contributed by atoms with Crippen LogP contribution in [0.5, 0.6) is 5.75 Å². The Morgan fingerprint density at radius 2 is 1.62 bits per heavy atom. The predicted molar refractivity (Wildman–Crippen MR) is 176 cm³/mol. The van der Waals surface area contributed by atoms with Crippen LogP contribution in [-0.4, -0.2) is 57.3 Å². The highest BCUT2D eigenvalue weighted by molar-refractivity contribution is 14.1. The number of benzene rings is 1. The second-order valence-electron chi connectivity index (χ2n) is 12.3. The van der Waals surface area contributed by atoms with Crippen LogP contribution in [0.3, 0.4) is 0 Å². The van der Waals surface area contributed by atoms with Crippen molar-refractivity contribution >= 4 is 77.2 Å². The third kappa shape index (κ3) is 5.00. The van der Waals surface area contributed by atoms with Gasteiger partial charge in [-0.05, 0) is 44.2 Å². The van der Waals surface area contributed by atoms with Crippen LogP contribution < -0.4 is 9.33 Å². The molecule has 2 fully saturated rings. The van der Waals surface area contributed by atoms with E-state index in [0.29, 0.717) is 17.0 Å². The van der Waals surface area contributed by atoms with Gasteiger partial charge in [-0.3, -0.25) is 14.5 Å². The third-order valence-electron chi connectivity index (χ3n) is 8.98. The van der Waals surface area contributed by atoms with Crippen LogP contribution in [0.25, 0.3) is 0 Å². The van der Waals surface area contributed by atoms with Gasteiger partial charge in [-0.25, -0.2) is 4.79 Å². The van der Waals surface area contributed by atoms with E-state index in [9.17, 15) is 14.4 Å². The van der Waals surface area contributed by atoms with E-state index in [-0.39, 0.29) is 5.04 Å². The average Bonchev–Trinajstić information content (AvgIpc) is 3.61. The van der Waals surface area contributed by atoms with Crippen molar-refractivity contribution in [1.29, 1.82) is 0 Å². The Morgan fingerprint density at radius 1 is 1.02 bits per heavy atom. The normalized spacial score (nSPS) is 30.9. The Hall–Kier alpha value is -2.01. The fourth-order valence-corrected chi connectivity index (χ4v) is 7.84. The molecule has 7 atom stereocenters. The van der Waals surface area contributed by atoms with Crippen LogP contribution in [0.1, 0.15) is 47.1 Å². The first kappa shape index (κ1) is 32.9. The molecule has 0 spiro atoms. The van der Waals surface area contributed by atoms with Gasteiger partial charge in [0.05, 0.1) is 18.7 Å². The number of rotatable bonds is 4. The van der Waals surface area contributed by atoms with Gasteiger partial charge >= 0.3 is 18.0 Å². The molecule has 42 heavy (non-hydrogen) atoms. The number of halogens is 2. The zero-order chi connectivity index (χ0) is 31.4. The second kappa shape index (κ2) is 11.5. The van der Waals surface area contributed by atoms with Crippen LogP contribution in [-0.2, 0) is 34.1 Å². The number of methoxy groups -OCH3 is 1. The van der Waals surface area contributed by atoms with Gasteiger partial charge in [0, 0.05) is 70.5 Å². The summed E-state index contributed by atoms with van der Waals surface area (Å²) < 4.78 is 36.4. The molecule has 1 saturated carbocycles. The lowest BCUT2D eigenvalue weighted by Gasteiger charge is -2.50. The minimum Gasteiger partial charge on any atom is -0.543 e. The highest BCUT2D eigenvalue weighted by Crippen LogP contribution is 2.74. The van der Waals surface area contributed by atoms with Gasteiger partial charge in [0.2, 0.25) is 8.32 Å². The number of nitrogens with zero attached hydrogens (tertiary/aromatic N) is 1. The van der Waals surface area contributed by atoms with Gasteiger partial charge < -0.3 is 23.4 Å². The van der Waals surface area contributed by atoms with Gasteiger partial charge in [0.1, 0.15) is 29.1 Å². The van der Waals surface area contributed by atoms with Crippen LogP contribution in [0.15, 0.2) is 18.2 Å². The summed E-state index contributed by atoms with van der Waals surface area (Å²) in [7, 11) is -0.943. The summed E-state index contributed by atoms with van der Waals surface area (Å²) in [5.74, 6) is 4.59. The molecule has 12 heteroatoms. The molecule has 3 aliphatic rings. The number of fused-ring (bicyclic) bond motifs is 1. The average molecular weight is 820 g/mol. The fraction of sp³-hybridized carbons (Fsp3) is 0.567. The molecule has 2 aliphatic heterocycles. The molecule has 1 aliphatic carbocycles. The monoisotopic (exact) mass is 819 g/mol. The molecular formula is C30H35I2NO8Si. The number of ether oxygens (including phenoxy) is 4. The van der Waals surface area contributed by atoms with E-state index in [4.69, 9.17) is 23.4 Å². The molecule has 4 rings (SSSR count). The van der Waals surface area contributed by atoms with Crippen LogP contribution in [0.4, 0.5) is 10.5 Å². The molecule has 1 amide bonds. The number of amides is 1. The van der Waals surface area contributed by atoms with Gasteiger partial charge in [-0.15, -0.1) is 0 Å². The summed E-state index contributed by atoms with van der Waals surface area (Å²) in [6.07, 6.45) is -2.49. The molecule has 9 nitrogen and oxygen atoms in total. The molecule has 0 bridgehead atoms. The lowest BCUT2D eigenvalue weighted by molar-refractivity contribution is -0.180. The number of carbonyl (C=O) groups excluding carboxylic acids is 3. The van der Waals surface area contributed by atoms with E-state index in [0.717, 1.165) is 0 Å². The molecule has 1 aromatic rings. The lowest BCUT2D eigenvalue weighted by atomic mass is 9.58. The van der Waals surface area contributed by atoms with Crippen molar-refractivity contribution in [2.45, 2.75) is 89.1 Å². The van der Waals surface area contributed by atoms with Crippen molar-refractivity contribution < 1.29 is 37.8 Å². The van der Waals surface area contributed by atoms with Crippen molar-refractivity contribution in [2.24, 2.45) is 11.8 Å². The molecule has 2 heterocycles. The molecule has 0 radical (unpaired) electrons. The number of esters is 2. The second-order valence-corrected chi connectivity index (χ2v) is 18.1. The van der Waals surface area contributed by atoms with Crippen LogP contribution in [0, 0.1) is 31.5 Å². The van der Waals surface area contributed by atoms with Gasteiger partial charge in [0.25, 0.3) is 0 Å². The summed E-state index contributed by atoms with van der Waals surface area (Å²) in [4.78, 5) is 39.7. The Labute approximate surface area is 275 Å². The SMILES string of the molecule is COC(=O)N1c2ccc(O[Si](C)(C)C(C)(C)C)cc2[C@@]23OC2([C@@H]1C#CI)[C@@H](C)[C@H](OC(C)=O)[C@H](OC(C)=O)[C@H]3C#CI. The molecule has 1 unspecified atom stereocenters. The Bertz CT molecular complexity index is 1440. The first-order valence-corrected chi connectivity index (χ1v) is 18.6. The van der Waals surface area contributed by atoms with E-state index < -0.39 is 67.6 Å². The number of anilines is 1. The summed E-state index contributed by atoms with van der Waals surface area (Å²) in [6, 6.07) is 4.72. The Kier molecular flexibility index (Phi) is 8.99. The summed E-state index contributed by atoms with van der Waals surface area (Å²) in [6.45, 7) is 15.2. The van der Waals surface area contributed by atoms with Crippen molar-refractivity contribution in [2.75, 3.05) is 12.0 Å². The summed E-state index contributed by atoms with van der Waals surface area (Å²) in [5, 5.41) is -0.0632. The first-order chi connectivity index (χ1) is 19.5. The standard InChI is InChI=1S/C30H35I2NO8Si/c1-17-25(38-18(2)34)26(39-19(3)35)21(12-14-31)30-22-16-20(40-42(8,9)28(4,5)6)10-11-23(22)33(27(36)37-7)24(13-15-32)29(17,30)41-30/h10-11,16-17,21,24-26H,1-9H3/t17-,21+,24-,25-,26+,29?,30+/m0/s1. The fourth-order valence-electron chi connectivity index (χ4n) is 6.19. The van der Waals surface area contributed by atoms with E-state index in [1.54, 1.807) is 0 Å². The molecule has 0 N–H and O–H groups in total. The van der Waals surface area contributed by atoms with Crippen LogP contribution in [0.2, 0.25) is 18.1 Å². The highest BCUT2D eigenvalue weighted by atomic mass is 127. The summed E-state index contributed by atoms with van der Waals surface area (Å²) in [5.41, 5.74) is -1.17. The van der Waals surface area contributed by atoms with Gasteiger partial charge in [-0.1, -0.05) is 39.5 Å². The van der Waals surface area contributed by atoms with E-state index in [1.165, 1.54) is 25.9 Å². The third-order valence-corrected chi connectivity index (χ3v) is 14.0. The molecular weight excluding hydrogens is 784 g/mol.